The molecule has 0 aliphatic rings. The SMILES string of the molecule is CO[SiH]CCCN=N.[CH3-].[U]. The van der Waals surface area contributed by atoms with Gasteiger partial charge in [-0.3, -0.25) is 0 Å². The van der Waals surface area contributed by atoms with Crippen LogP contribution in [0.15, 0.2) is 5.11 Å². The van der Waals surface area contributed by atoms with Crippen molar-refractivity contribution in [3.8, 4) is 0 Å². The Balaban J connectivity index is -0.000000245. The van der Waals surface area contributed by atoms with E-state index in [2.05, 4.69) is 5.11 Å². The summed E-state index contributed by atoms with van der Waals surface area (Å²) in [4.78, 5) is 0. The van der Waals surface area contributed by atoms with E-state index in [1.807, 2.05) is 0 Å². The molecule has 0 aromatic heterocycles. The van der Waals surface area contributed by atoms with Gasteiger partial charge in [0, 0.05) is 38.2 Å². The van der Waals surface area contributed by atoms with E-state index in [9.17, 15) is 0 Å². The Labute approximate surface area is 89.1 Å². The molecule has 0 atom stereocenters. The second kappa shape index (κ2) is 16.4. The smallest absolute Gasteiger partial charge is 0.192 e. The van der Waals surface area contributed by atoms with Gasteiger partial charge >= 0.3 is 0 Å². The first-order valence-corrected chi connectivity index (χ1v) is 3.88. The fourth-order valence-corrected chi connectivity index (χ4v) is 0.956. The number of nitrogens with one attached hydrogen (secondary N) is 1. The molecule has 0 spiro atoms. The first kappa shape index (κ1) is 17.1. The molecule has 3 nitrogen and oxygen atoms in total. The number of nitrogens with zero attached hydrogens (tertiary/aromatic N) is 1. The fourth-order valence-electron chi connectivity index (χ4n) is 0.372. The van der Waals surface area contributed by atoms with Crippen molar-refractivity contribution in [2.45, 2.75) is 12.5 Å². The summed E-state index contributed by atoms with van der Waals surface area (Å²) in [7, 11) is 1.89. The zero-order chi connectivity index (χ0) is 6.24. The van der Waals surface area contributed by atoms with Gasteiger partial charge in [-0.2, -0.15) is 5.11 Å². The largest absolute Gasteiger partial charge is 0.424 e. The van der Waals surface area contributed by atoms with Gasteiger partial charge in [-0.05, 0) is 12.5 Å². The quantitative estimate of drug-likeness (QED) is 0.330. The van der Waals surface area contributed by atoms with Crippen LogP contribution in [0.5, 0.6) is 0 Å². The zero-order valence-electron chi connectivity index (χ0n) is 6.55. The van der Waals surface area contributed by atoms with Crippen molar-refractivity contribution in [2.24, 2.45) is 5.11 Å². The molecule has 1 radical (unpaired) electrons. The van der Waals surface area contributed by atoms with Crippen LogP contribution in [0.3, 0.4) is 0 Å². The van der Waals surface area contributed by atoms with Gasteiger partial charge in [0.1, 0.15) is 0 Å². The van der Waals surface area contributed by atoms with Gasteiger partial charge in [0.2, 0.25) is 0 Å². The first-order chi connectivity index (χ1) is 3.91. The minimum Gasteiger partial charge on any atom is -0.424 e. The van der Waals surface area contributed by atoms with E-state index in [4.69, 9.17) is 9.96 Å². The predicted octanol–water partition coefficient (Wildman–Crippen LogP) is 1.27. The molecule has 0 saturated heterocycles. The Hall–Kier alpha value is 0.829. The molecule has 0 aromatic rings. The monoisotopic (exact) mass is 384 g/mol. The van der Waals surface area contributed by atoms with Crippen LogP contribution in [-0.4, -0.2) is 23.4 Å². The van der Waals surface area contributed by atoms with E-state index in [0.29, 0.717) is 6.54 Å². The molecular formula is C5H14N2OSiU-. The fraction of sp³-hybridized carbons (Fsp3) is 0.800. The van der Waals surface area contributed by atoms with Crippen molar-refractivity contribution < 1.29 is 35.5 Å². The molecule has 0 heterocycles. The van der Waals surface area contributed by atoms with Gasteiger partial charge < -0.3 is 11.9 Å². The van der Waals surface area contributed by atoms with Crippen LogP contribution < -0.4 is 0 Å². The Morgan fingerprint density at radius 1 is 1.60 bits per heavy atom. The van der Waals surface area contributed by atoms with Crippen molar-refractivity contribution >= 4 is 9.76 Å². The summed E-state index contributed by atoms with van der Waals surface area (Å²) in [5.74, 6) is 0. The Kier molecular flexibility index (Phi) is 28.0. The topological polar surface area (TPSA) is 45.4 Å². The minimum atomic E-state index is 0. The van der Waals surface area contributed by atoms with E-state index in [-0.39, 0.29) is 48.3 Å². The molecule has 0 amide bonds. The van der Waals surface area contributed by atoms with Crippen molar-refractivity contribution in [1.29, 1.82) is 5.53 Å². The summed E-state index contributed by atoms with van der Waals surface area (Å²) in [6.07, 6.45) is 1.01. The predicted molar refractivity (Wildman–Crippen MR) is 40.0 cm³/mol. The van der Waals surface area contributed by atoms with Crippen molar-refractivity contribution in [3.63, 3.8) is 0 Å². The number of hydrogen-bond donors (Lipinski definition) is 1. The van der Waals surface area contributed by atoms with Crippen LogP contribution in [-0.2, 0) is 4.43 Å². The minimum absolute atomic E-state index is 0. The summed E-state index contributed by atoms with van der Waals surface area (Å²) in [6.45, 7) is 0.663. The van der Waals surface area contributed by atoms with Gasteiger partial charge in [0.15, 0.2) is 9.76 Å². The standard InChI is InChI=1S/C4H11N2OSi.CH3.U/c1-7-8-4-2-3-6-5;;/h5,8H,2-4H2,1H3;1H3;/q;-1;. The van der Waals surface area contributed by atoms with E-state index in [0.717, 1.165) is 12.5 Å². The van der Waals surface area contributed by atoms with E-state index in [1.165, 1.54) is 0 Å². The molecule has 0 bridgehead atoms. The average Bonchev–Trinajstić information content (AvgIpc) is 1.81. The van der Waals surface area contributed by atoms with E-state index in [1.54, 1.807) is 7.11 Å². The molecule has 0 aromatic carbocycles. The van der Waals surface area contributed by atoms with E-state index >= 15 is 0 Å². The van der Waals surface area contributed by atoms with Gasteiger partial charge in [0.25, 0.3) is 0 Å². The molecular weight excluding hydrogens is 370 g/mol. The van der Waals surface area contributed by atoms with Crippen molar-refractivity contribution in [3.05, 3.63) is 7.43 Å². The van der Waals surface area contributed by atoms with Gasteiger partial charge in [-0.1, -0.05) is 0 Å². The second-order valence-electron chi connectivity index (χ2n) is 1.43. The molecule has 0 saturated carbocycles. The van der Waals surface area contributed by atoms with E-state index < -0.39 is 0 Å². The summed E-state index contributed by atoms with van der Waals surface area (Å²) >= 11 is 0. The summed E-state index contributed by atoms with van der Waals surface area (Å²) in [5.41, 5.74) is 6.43. The Morgan fingerprint density at radius 3 is 2.60 bits per heavy atom. The molecule has 1 N–H and O–H groups in total. The van der Waals surface area contributed by atoms with Gasteiger partial charge in [-0.25, -0.2) is 5.53 Å². The first-order valence-electron chi connectivity index (χ1n) is 2.59. The van der Waals surface area contributed by atoms with Crippen LogP contribution in [0.1, 0.15) is 6.42 Å². The number of hydrogen-bond acceptors (Lipinski definition) is 3. The summed E-state index contributed by atoms with van der Waals surface area (Å²) in [5, 5.41) is 3.22. The van der Waals surface area contributed by atoms with Crippen LogP contribution in [0.4, 0.5) is 0 Å². The van der Waals surface area contributed by atoms with Crippen molar-refractivity contribution in [1.82, 2.24) is 0 Å². The Morgan fingerprint density at radius 2 is 2.20 bits per heavy atom. The molecule has 0 unspecified atom stereocenters. The summed E-state index contributed by atoms with van der Waals surface area (Å²) < 4.78 is 4.87. The molecule has 0 aliphatic heterocycles. The van der Waals surface area contributed by atoms with Crippen molar-refractivity contribution in [2.75, 3.05) is 13.7 Å². The van der Waals surface area contributed by atoms with Gasteiger partial charge in [-0.15, -0.1) is 0 Å². The zero-order valence-corrected chi connectivity index (χ0v) is 11.9. The maximum absolute atomic E-state index is 6.43. The molecule has 10 heavy (non-hydrogen) atoms. The van der Waals surface area contributed by atoms with Crippen LogP contribution >= 0.6 is 0 Å². The van der Waals surface area contributed by atoms with Gasteiger partial charge in [0.05, 0.1) is 6.54 Å². The van der Waals surface area contributed by atoms with Crippen LogP contribution in [0, 0.1) is 44.1 Å². The van der Waals surface area contributed by atoms with Crippen LogP contribution in [0.2, 0.25) is 6.04 Å². The molecule has 59 valence electrons. The summed E-state index contributed by atoms with van der Waals surface area (Å²) in [6, 6.07) is 1.10. The third kappa shape index (κ3) is 15.9. The molecule has 5 heteroatoms. The molecule has 0 aliphatic carbocycles. The second-order valence-corrected chi connectivity index (χ2v) is 2.81. The third-order valence-corrected chi connectivity index (χ3v) is 1.74. The third-order valence-electron chi connectivity index (χ3n) is 0.759. The number of rotatable bonds is 5. The molecule has 0 rings (SSSR count). The maximum atomic E-state index is 6.43. The average molecular weight is 384 g/mol. The molecule has 0 fully saturated rings. The normalized spacial score (nSPS) is 7.30. The van der Waals surface area contributed by atoms with Crippen LogP contribution in [0.25, 0.3) is 0 Å². The maximum Gasteiger partial charge on any atom is 0.192 e. The Bertz CT molecular complexity index is 65.6.